The van der Waals surface area contributed by atoms with Crippen LogP contribution in [0.1, 0.15) is 0 Å². The molecule has 0 saturated carbocycles. The Morgan fingerprint density at radius 1 is 0.824 bits per heavy atom. The molecule has 0 unspecified atom stereocenters. The van der Waals surface area contributed by atoms with E-state index in [0.717, 1.165) is 16.2 Å². The Kier molecular flexibility index (Phi) is 2.26. The first kappa shape index (κ1) is 9.85. The monoisotopic (exact) mass is 222 g/mol. The molecule has 0 spiro atoms. The summed E-state index contributed by atoms with van der Waals surface area (Å²) in [5.74, 6) is 0.606. The molecule has 0 aliphatic carbocycles. The Bertz CT molecular complexity index is 701. The van der Waals surface area contributed by atoms with Crippen LogP contribution in [0.4, 0.5) is 0 Å². The van der Waals surface area contributed by atoms with Gasteiger partial charge in [-0.05, 0) is 22.2 Å². The zero-order valence-corrected chi connectivity index (χ0v) is 9.09. The van der Waals surface area contributed by atoms with Crippen molar-refractivity contribution in [2.45, 2.75) is 0 Å². The fraction of sp³-hybridized carbons (Fsp3) is 0. The lowest BCUT2D eigenvalue weighted by Gasteiger charge is -2.08. The summed E-state index contributed by atoms with van der Waals surface area (Å²) < 4.78 is 5.05. The number of carbonyl (C=O) groups is 1. The van der Waals surface area contributed by atoms with Crippen molar-refractivity contribution in [3.05, 3.63) is 54.6 Å². The van der Waals surface area contributed by atoms with Gasteiger partial charge in [-0.2, -0.15) is 0 Å². The van der Waals surface area contributed by atoms with E-state index < -0.39 is 0 Å². The summed E-state index contributed by atoms with van der Waals surface area (Å²) in [5, 5.41) is 4.30. The maximum atomic E-state index is 10.5. The van der Waals surface area contributed by atoms with Gasteiger partial charge in [0.05, 0.1) is 0 Å². The van der Waals surface area contributed by atoms with Crippen molar-refractivity contribution in [2.75, 3.05) is 0 Å². The maximum absolute atomic E-state index is 10.5. The summed E-state index contributed by atoms with van der Waals surface area (Å²) in [5.41, 5.74) is 0. The Hall–Kier alpha value is -2.35. The highest BCUT2D eigenvalue weighted by Crippen LogP contribution is 2.32. The van der Waals surface area contributed by atoms with E-state index in [1.165, 1.54) is 5.39 Å². The SMILES string of the molecule is O=COc1cc2ccccc2c2ccccc12. The van der Waals surface area contributed by atoms with Gasteiger partial charge in [-0.25, -0.2) is 0 Å². The van der Waals surface area contributed by atoms with Crippen LogP contribution in [0.25, 0.3) is 21.5 Å². The van der Waals surface area contributed by atoms with Crippen molar-refractivity contribution in [3.63, 3.8) is 0 Å². The molecule has 0 N–H and O–H groups in total. The second kappa shape index (κ2) is 3.91. The van der Waals surface area contributed by atoms with Crippen molar-refractivity contribution in [1.29, 1.82) is 0 Å². The second-order valence-electron chi connectivity index (χ2n) is 3.86. The molecule has 2 heteroatoms. The van der Waals surface area contributed by atoms with E-state index in [4.69, 9.17) is 4.74 Å². The molecule has 0 atom stereocenters. The Morgan fingerprint density at radius 2 is 1.47 bits per heavy atom. The topological polar surface area (TPSA) is 26.3 Å². The van der Waals surface area contributed by atoms with E-state index in [1.807, 2.05) is 48.5 Å². The first-order valence-corrected chi connectivity index (χ1v) is 5.41. The van der Waals surface area contributed by atoms with Gasteiger partial charge in [0.2, 0.25) is 0 Å². The minimum absolute atomic E-state index is 0.469. The quantitative estimate of drug-likeness (QED) is 0.489. The standard InChI is InChI=1S/C15H10O2/c16-10-17-15-9-11-5-1-2-6-12(11)13-7-3-4-8-14(13)15/h1-10H. The molecular weight excluding hydrogens is 212 g/mol. The lowest BCUT2D eigenvalue weighted by atomic mass is 10.0. The van der Waals surface area contributed by atoms with Crippen molar-refractivity contribution in [2.24, 2.45) is 0 Å². The van der Waals surface area contributed by atoms with E-state index in [-0.39, 0.29) is 0 Å². The summed E-state index contributed by atoms with van der Waals surface area (Å²) in [4.78, 5) is 10.5. The lowest BCUT2D eigenvalue weighted by Crippen LogP contribution is -1.90. The molecule has 0 bridgehead atoms. The van der Waals surface area contributed by atoms with Crippen LogP contribution in [0.5, 0.6) is 5.75 Å². The number of hydrogen-bond acceptors (Lipinski definition) is 2. The van der Waals surface area contributed by atoms with Crippen molar-refractivity contribution < 1.29 is 9.53 Å². The van der Waals surface area contributed by atoms with Crippen LogP contribution >= 0.6 is 0 Å². The highest BCUT2D eigenvalue weighted by atomic mass is 16.5. The van der Waals surface area contributed by atoms with Gasteiger partial charge in [-0.15, -0.1) is 0 Å². The molecule has 0 amide bonds. The first-order valence-electron chi connectivity index (χ1n) is 5.41. The van der Waals surface area contributed by atoms with Crippen LogP contribution in [0, 0.1) is 0 Å². The second-order valence-corrected chi connectivity index (χ2v) is 3.86. The molecule has 0 heterocycles. The van der Waals surface area contributed by atoms with Gasteiger partial charge in [0, 0.05) is 5.39 Å². The normalized spacial score (nSPS) is 10.6. The van der Waals surface area contributed by atoms with Crippen molar-refractivity contribution in [1.82, 2.24) is 0 Å². The van der Waals surface area contributed by atoms with Crippen LogP contribution in [-0.2, 0) is 4.79 Å². The number of carbonyl (C=O) groups excluding carboxylic acids is 1. The molecule has 0 aliphatic heterocycles. The van der Waals surface area contributed by atoms with Crippen LogP contribution in [-0.4, -0.2) is 6.47 Å². The smallest absolute Gasteiger partial charge is 0.298 e. The number of hydrogen-bond donors (Lipinski definition) is 0. The van der Waals surface area contributed by atoms with Gasteiger partial charge in [-0.3, -0.25) is 4.79 Å². The van der Waals surface area contributed by atoms with Gasteiger partial charge >= 0.3 is 0 Å². The average Bonchev–Trinajstić information content (AvgIpc) is 2.39. The number of benzene rings is 3. The van der Waals surface area contributed by atoms with E-state index in [1.54, 1.807) is 0 Å². The van der Waals surface area contributed by atoms with Crippen LogP contribution in [0.3, 0.4) is 0 Å². The first-order chi connectivity index (χ1) is 8.40. The van der Waals surface area contributed by atoms with E-state index in [2.05, 4.69) is 6.07 Å². The van der Waals surface area contributed by atoms with Crippen LogP contribution in [0.2, 0.25) is 0 Å². The summed E-state index contributed by atoms with van der Waals surface area (Å²) in [6.07, 6.45) is 0. The van der Waals surface area contributed by atoms with Crippen LogP contribution in [0.15, 0.2) is 54.6 Å². The van der Waals surface area contributed by atoms with Gasteiger partial charge < -0.3 is 4.74 Å². The van der Waals surface area contributed by atoms with Gasteiger partial charge in [0.15, 0.2) is 0 Å². The molecule has 0 fully saturated rings. The largest absolute Gasteiger partial charge is 0.428 e. The molecule has 0 saturated heterocycles. The Morgan fingerprint density at radius 3 is 2.24 bits per heavy atom. The number of ether oxygens (including phenoxy) is 1. The summed E-state index contributed by atoms with van der Waals surface area (Å²) >= 11 is 0. The fourth-order valence-corrected chi connectivity index (χ4v) is 2.17. The predicted octanol–water partition coefficient (Wildman–Crippen LogP) is 3.53. The zero-order chi connectivity index (χ0) is 11.7. The molecule has 2 nitrogen and oxygen atoms in total. The third kappa shape index (κ3) is 1.54. The zero-order valence-electron chi connectivity index (χ0n) is 9.09. The minimum Gasteiger partial charge on any atom is -0.428 e. The molecule has 0 aromatic heterocycles. The third-order valence-electron chi connectivity index (χ3n) is 2.91. The molecule has 0 radical (unpaired) electrons. The third-order valence-corrected chi connectivity index (χ3v) is 2.91. The van der Waals surface area contributed by atoms with E-state index in [9.17, 15) is 4.79 Å². The molecule has 3 aromatic rings. The molecule has 0 aliphatic rings. The predicted molar refractivity (Wildman–Crippen MR) is 68.1 cm³/mol. The van der Waals surface area contributed by atoms with Crippen LogP contribution < -0.4 is 4.74 Å². The Labute approximate surface area is 98.4 Å². The number of rotatable bonds is 2. The summed E-state index contributed by atoms with van der Waals surface area (Å²) in [6.45, 7) is 0.469. The van der Waals surface area contributed by atoms with E-state index >= 15 is 0 Å². The minimum atomic E-state index is 0.469. The fourth-order valence-electron chi connectivity index (χ4n) is 2.17. The molecular formula is C15H10O2. The van der Waals surface area contributed by atoms with E-state index in [0.29, 0.717) is 12.2 Å². The lowest BCUT2D eigenvalue weighted by molar-refractivity contribution is -0.120. The maximum Gasteiger partial charge on any atom is 0.298 e. The highest BCUT2D eigenvalue weighted by Gasteiger charge is 2.06. The summed E-state index contributed by atoms with van der Waals surface area (Å²) in [7, 11) is 0. The average molecular weight is 222 g/mol. The molecule has 17 heavy (non-hydrogen) atoms. The van der Waals surface area contributed by atoms with Crippen molar-refractivity contribution in [3.8, 4) is 5.75 Å². The summed E-state index contributed by atoms with van der Waals surface area (Å²) in [6, 6.07) is 17.9. The van der Waals surface area contributed by atoms with Gasteiger partial charge in [0.25, 0.3) is 6.47 Å². The Balaban J connectivity index is 2.49. The highest BCUT2D eigenvalue weighted by molar-refractivity contribution is 6.10. The van der Waals surface area contributed by atoms with Crippen molar-refractivity contribution >= 4 is 28.0 Å². The molecule has 82 valence electrons. The molecule has 3 rings (SSSR count). The molecule has 3 aromatic carbocycles. The van der Waals surface area contributed by atoms with Gasteiger partial charge in [-0.1, -0.05) is 48.5 Å². The number of fused-ring (bicyclic) bond motifs is 3. The van der Waals surface area contributed by atoms with Gasteiger partial charge in [0.1, 0.15) is 5.75 Å².